The van der Waals surface area contributed by atoms with E-state index < -0.39 is 0 Å². The molecule has 1 fully saturated rings. The Balaban J connectivity index is 1.72. The second-order valence-corrected chi connectivity index (χ2v) is 7.19. The van der Waals surface area contributed by atoms with Gasteiger partial charge in [0.05, 0.1) is 29.7 Å². The summed E-state index contributed by atoms with van der Waals surface area (Å²) in [5, 5.41) is 3.71. The van der Waals surface area contributed by atoms with Gasteiger partial charge in [0.15, 0.2) is 0 Å². The molecule has 1 aromatic heterocycles. The number of ether oxygens (including phenoxy) is 1. The molecule has 1 aliphatic heterocycles. The molecule has 1 saturated heterocycles. The first-order valence-electron chi connectivity index (χ1n) is 8.63. The lowest BCUT2D eigenvalue weighted by Gasteiger charge is -2.34. The molecule has 1 N–H and O–H groups in total. The SMILES string of the molecule is COc1coc(CN2CCCCC2C(=O)Nc2ccc(Cl)c(Cl)c2)cc1=O. The van der Waals surface area contributed by atoms with Gasteiger partial charge >= 0.3 is 0 Å². The second-order valence-electron chi connectivity index (χ2n) is 6.38. The van der Waals surface area contributed by atoms with Crippen LogP contribution in [0.25, 0.3) is 0 Å². The maximum Gasteiger partial charge on any atom is 0.241 e. The van der Waals surface area contributed by atoms with E-state index in [1.165, 1.54) is 19.4 Å². The first kappa shape index (κ1) is 19.7. The number of benzene rings is 1. The highest BCUT2D eigenvalue weighted by Crippen LogP contribution is 2.26. The van der Waals surface area contributed by atoms with Crippen LogP contribution in [0.3, 0.4) is 0 Å². The minimum Gasteiger partial charge on any atom is -0.490 e. The highest BCUT2D eigenvalue weighted by atomic mass is 35.5. The number of piperidine rings is 1. The van der Waals surface area contributed by atoms with Gasteiger partial charge in [0.2, 0.25) is 17.1 Å². The molecule has 1 amide bonds. The Bertz CT molecular complexity index is 884. The molecule has 2 heterocycles. The van der Waals surface area contributed by atoms with Crippen molar-refractivity contribution in [2.45, 2.75) is 31.8 Å². The van der Waals surface area contributed by atoms with E-state index in [1.807, 2.05) is 4.90 Å². The van der Waals surface area contributed by atoms with E-state index in [4.69, 9.17) is 32.4 Å². The zero-order chi connectivity index (χ0) is 19.4. The number of hydrogen-bond donors (Lipinski definition) is 1. The Morgan fingerprint density at radius 3 is 2.81 bits per heavy atom. The summed E-state index contributed by atoms with van der Waals surface area (Å²) < 4.78 is 10.4. The molecule has 144 valence electrons. The maximum atomic E-state index is 12.8. The number of nitrogens with zero attached hydrogens (tertiary/aromatic N) is 1. The van der Waals surface area contributed by atoms with Gasteiger partial charge in [-0.05, 0) is 37.6 Å². The van der Waals surface area contributed by atoms with E-state index >= 15 is 0 Å². The van der Waals surface area contributed by atoms with Crippen LogP contribution in [0.5, 0.6) is 5.75 Å². The fourth-order valence-electron chi connectivity index (χ4n) is 3.15. The largest absolute Gasteiger partial charge is 0.490 e. The molecule has 1 aromatic carbocycles. The highest BCUT2D eigenvalue weighted by molar-refractivity contribution is 6.42. The van der Waals surface area contributed by atoms with Crippen molar-refractivity contribution in [2.75, 3.05) is 19.0 Å². The Hall–Kier alpha value is -2.02. The lowest BCUT2D eigenvalue weighted by atomic mass is 10.0. The number of anilines is 1. The number of methoxy groups -OCH3 is 1. The lowest BCUT2D eigenvalue weighted by molar-refractivity contribution is -0.122. The van der Waals surface area contributed by atoms with Crippen molar-refractivity contribution in [1.82, 2.24) is 4.90 Å². The van der Waals surface area contributed by atoms with Gasteiger partial charge in [-0.2, -0.15) is 0 Å². The number of nitrogens with one attached hydrogen (secondary N) is 1. The average Bonchev–Trinajstić information content (AvgIpc) is 2.65. The number of likely N-dealkylation sites (tertiary alicyclic amines) is 1. The molecule has 1 unspecified atom stereocenters. The van der Waals surface area contributed by atoms with Gasteiger partial charge < -0.3 is 14.5 Å². The molecule has 27 heavy (non-hydrogen) atoms. The number of carbonyl (C=O) groups is 1. The van der Waals surface area contributed by atoms with Gasteiger partial charge in [-0.25, -0.2) is 0 Å². The maximum absolute atomic E-state index is 12.8. The molecular weight excluding hydrogens is 391 g/mol. The van der Waals surface area contributed by atoms with Gasteiger partial charge in [0, 0.05) is 11.8 Å². The normalized spacial score (nSPS) is 17.5. The van der Waals surface area contributed by atoms with Gasteiger partial charge in [0.1, 0.15) is 12.0 Å². The van der Waals surface area contributed by atoms with Crippen molar-refractivity contribution in [2.24, 2.45) is 0 Å². The van der Waals surface area contributed by atoms with Crippen LogP contribution in [0.2, 0.25) is 10.0 Å². The molecule has 1 aliphatic rings. The summed E-state index contributed by atoms with van der Waals surface area (Å²) >= 11 is 11.9. The van der Waals surface area contributed by atoms with Crippen LogP contribution in [0.15, 0.2) is 39.7 Å². The molecule has 3 rings (SSSR count). The summed E-state index contributed by atoms with van der Waals surface area (Å²) in [5.74, 6) is 0.533. The molecule has 0 aliphatic carbocycles. The highest BCUT2D eigenvalue weighted by Gasteiger charge is 2.29. The molecule has 0 bridgehead atoms. The number of hydrogen-bond acceptors (Lipinski definition) is 5. The molecule has 0 spiro atoms. The van der Waals surface area contributed by atoms with Crippen LogP contribution < -0.4 is 15.5 Å². The van der Waals surface area contributed by atoms with Gasteiger partial charge in [-0.1, -0.05) is 29.6 Å². The molecule has 6 nitrogen and oxygen atoms in total. The Morgan fingerprint density at radius 2 is 2.11 bits per heavy atom. The molecule has 0 radical (unpaired) electrons. The Kier molecular flexibility index (Phi) is 6.42. The van der Waals surface area contributed by atoms with Gasteiger partial charge in [-0.3, -0.25) is 14.5 Å². The Morgan fingerprint density at radius 1 is 1.30 bits per heavy atom. The van der Waals surface area contributed by atoms with E-state index in [1.54, 1.807) is 18.2 Å². The van der Waals surface area contributed by atoms with Crippen molar-refractivity contribution in [3.05, 3.63) is 56.6 Å². The predicted octanol–water partition coefficient (Wildman–Crippen LogP) is 3.95. The second kappa shape index (κ2) is 8.78. The van der Waals surface area contributed by atoms with Crippen LogP contribution in [-0.4, -0.2) is 30.5 Å². The average molecular weight is 411 g/mol. The summed E-state index contributed by atoms with van der Waals surface area (Å²) in [6.07, 6.45) is 3.97. The van der Waals surface area contributed by atoms with Crippen LogP contribution in [0.1, 0.15) is 25.0 Å². The lowest BCUT2D eigenvalue weighted by Crippen LogP contribution is -2.46. The minimum atomic E-state index is -0.319. The number of carbonyl (C=O) groups excluding carboxylic acids is 1. The number of halogens is 2. The zero-order valence-corrected chi connectivity index (χ0v) is 16.3. The Labute approximate surface area is 167 Å². The minimum absolute atomic E-state index is 0.121. The van der Waals surface area contributed by atoms with Crippen molar-refractivity contribution < 1.29 is 13.9 Å². The number of amides is 1. The molecule has 2 aromatic rings. The van der Waals surface area contributed by atoms with E-state index in [0.717, 1.165) is 25.8 Å². The van der Waals surface area contributed by atoms with E-state index in [0.29, 0.717) is 28.0 Å². The topological polar surface area (TPSA) is 71.8 Å². The zero-order valence-electron chi connectivity index (χ0n) is 14.8. The van der Waals surface area contributed by atoms with E-state index in [-0.39, 0.29) is 23.1 Å². The van der Waals surface area contributed by atoms with Crippen LogP contribution in [-0.2, 0) is 11.3 Å². The van der Waals surface area contributed by atoms with Crippen molar-refractivity contribution in [3.8, 4) is 5.75 Å². The summed E-state index contributed by atoms with van der Waals surface area (Å²) in [6, 6.07) is 6.06. The van der Waals surface area contributed by atoms with Crippen LogP contribution in [0, 0.1) is 0 Å². The first-order chi connectivity index (χ1) is 13.0. The smallest absolute Gasteiger partial charge is 0.241 e. The van der Waals surface area contributed by atoms with Crippen molar-refractivity contribution >= 4 is 34.8 Å². The summed E-state index contributed by atoms with van der Waals surface area (Å²) in [5.41, 5.74) is 0.350. The molecule has 8 heteroatoms. The predicted molar refractivity (Wildman–Crippen MR) is 105 cm³/mol. The molecule has 0 saturated carbocycles. The number of rotatable bonds is 5. The van der Waals surface area contributed by atoms with E-state index in [9.17, 15) is 9.59 Å². The third kappa shape index (κ3) is 4.83. The summed E-state index contributed by atoms with van der Waals surface area (Å²) in [6.45, 7) is 1.12. The van der Waals surface area contributed by atoms with Crippen LogP contribution >= 0.6 is 23.2 Å². The van der Waals surface area contributed by atoms with Crippen molar-refractivity contribution in [3.63, 3.8) is 0 Å². The van der Waals surface area contributed by atoms with Crippen LogP contribution in [0.4, 0.5) is 5.69 Å². The monoisotopic (exact) mass is 410 g/mol. The van der Waals surface area contributed by atoms with Gasteiger partial charge in [0.25, 0.3) is 0 Å². The quantitative estimate of drug-likeness (QED) is 0.807. The molecular formula is C19H20Cl2N2O4. The summed E-state index contributed by atoms with van der Waals surface area (Å²) in [4.78, 5) is 26.7. The molecule has 1 atom stereocenters. The third-order valence-electron chi connectivity index (χ3n) is 4.53. The fraction of sp³-hybridized carbons (Fsp3) is 0.368. The first-order valence-corrected chi connectivity index (χ1v) is 9.39. The standard InChI is InChI=1S/C19H20Cl2N2O4/c1-26-18-11-27-13(9-17(18)24)10-23-7-3-2-4-16(23)19(25)22-12-5-6-14(20)15(21)8-12/h5-6,8-9,11,16H,2-4,7,10H2,1H3,(H,22,25). The third-order valence-corrected chi connectivity index (χ3v) is 5.27. The van der Waals surface area contributed by atoms with Crippen molar-refractivity contribution in [1.29, 1.82) is 0 Å². The summed E-state index contributed by atoms with van der Waals surface area (Å²) in [7, 11) is 1.42. The van der Waals surface area contributed by atoms with E-state index in [2.05, 4.69) is 5.32 Å². The van der Waals surface area contributed by atoms with Gasteiger partial charge in [-0.15, -0.1) is 0 Å². The fourth-order valence-corrected chi connectivity index (χ4v) is 3.45.